The van der Waals surface area contributed by atoms with Gasteiger partial charge in [0.05, 0.1) is 12.7 Å². The van der Waals surface area contributed by atoms with Gasteiger partial charge in [0.2, 0.25) is 0 Å². The van der Waals surface area contributed by atoms with E-state index in [4.69, 9.17) is 10.5 Å². The molecule has 1 rings (SSSR count). The lowest BCUT2D eigenvalue weighted by molar-refractivity contribution is 0.0783. The molecule has 3 nitrogen and oxygen atoms in total. The molecule has 0 amide bonds. The molecule has 0 heterocycles. The quantitative estimate of drug-likeness (QED) is 0.801. The molecule has 0 aliphatic rings. The van der Waals surface area contributed by atoms with E-state index in [1.54, 1.807) is 7.11 Å². The van der Waals surface area contributed by atoms with Crippen molar-refractivity contribution in [1.82, 2.24) is 0 Å². The molecule has 1 aromatic carbocycles. The fourth-order valence-corrected chi connectivity index (χ4v) is 2.60. The Morgan fingerprint density at radius 3 is 2.26 bits per heavy atom. The summed E-state index contributed by atoms with van der Waals surface area (Å²) in [4.78, 5) is 12.9. The summed E-state index contributed by atoms with van der Waals surface area (Å²) in [5.74, 6) is 0.761. The van der Waals surface area contributed by atoms with Crippen molar-refractivity contribution in [1.29, 1.82) is 0 Å². The fraction of sp³-hybridized carbons (Fsp3) is 0.562. The van der Waals surface area contributed by atoms with Crippen molar-refractivity contribution in [2.24, 2.45) is 11.1 Å². The Morgan fingerprint density at radius 2 is 1.84 bits per heavy atom. The minimum absolute atomic E-state index is 0.106. The van der Waals surface area contributed by atoms with Crippen molar-refractivity contribution in [2.45, 2.75) is 40.5 Å². The van der Waals surface area contributed by atoms with Crippen molar-refractivity contribution in [3.63, 3.8) is 0 Å². The molecule has 106 valence electrons. The van der Waals surface area contributed by atoms with E-state index in [1.165, 1.54) is 0 Å². The maximum atomic E-state index is 12.9. The molecule has 0 unspecified atom stereocenters. The first kappa shape index (κ1) is 15.7. The van der Waals surface area contributed by atoms with Crippen molar-refractivity contribution in [2.75, 3.05) is 13.7 Å². The minimum atomic E-state index is -0.479. The Bertz CT molecular complexity index is 454. The maximum Gasteiger partial charge on any atom is 0.174 e. The summed E-state index contributed by atoms with van der Waals surface area (Å²) in [5, 5.41) is 0. The van der Waals surface area contributed by atoms with Crippen LogP contribution >= 0.6 is 0 Å². The molecule has 0 bridgehead atoms. The van der Waals surface area contributed by atoms with E-state index in [1.807, 2.05) is 39.8 Å². The summed E-state index contributed by atoms with van der Waals surface area (Å²) in [5.41, 5.74) is 8.14. The van der Waals surface area contributed by atoms with Crippen LogP contribution in [0.3, 0.4) is 0 Å². The van der Waals surface area contributed by atoms with Gasteiger partial charge >= 0.3 is 0 Å². The number of rotatable bonds is 6. The minimum Gasteiger partial charge on any atom is -0.496 e. The van der Waals surface area contributed by atoms with Crippen molar-refractivity contribution < 1.29 is 9.53 Å². The van der Waals surface area contributed by atoms with Gasteiger partial charge < -0.3 is 10.5 Å². The molecule has 2 N–H and O–H groups in total. The predicted octanol–water partition coefficient (Wildman–Crippen LogP) is 3.26. The highest BCUT2D eigenvalue weighted by Gasteiger charge is 2.36. The van der Waals surface area contributed by atoms with Crippen LogP contribution in [0.5, 0.6) is 5.75 Å². The molecule has 0 radical (unpaired) electrons. The highest BCUT2D eigenvalue weighted by atomic mass is 16.5. The zero-order chi connectivity index (χ0) is 14.6. The molecule has 0 aliphatic carbocycles. The average Bonchev–Trinajstić information content (AvgIpc) is 2.40. The topological polar surface area (TPSA) is 52.3 Å². The van der Waals surface area contributed by atoms with Gasteiger partial charge in [0.1, 0.15) is 5.75 Å². The first-order chi connectivity index (χ1) is 8.95. The third-order valence-corrected chi connectivity index (χ3v) is 4.12. The van der Waals surface area contributed by atoms with Crippen LogP contribution in [0.15, 0.2) is 12.1 Å². The lowest BCUT2D eigenvalue weighted by Crippen LogP contribution is -2.38. The van der Waals surface area contributed by atoms with Gasteiger partial charge in [-0.15, -0.1) is 0 Å². The van der Waals surface area contributed by atoms with Gasteiger partial charge in [0.25, 0.3) is 0 Å². The fourth-order valence-electron chi connectivity index (χ4n) is 2.60. The van der Waals surface area contributed by atoms with Crippen LogP contribution in [0, 0.1) is 19.3 Å². The first-order valence-corrected chi connectivity index (χ1v) is 6.85. The van der Waals surface area contributed by atoms with Gasteiger partial charge in [-0.1, -0.05) is 19.9 Å². The van der Waals surface area contributed by atoms with Crippen molar-refractivity contribution in [3.05, 3.63) is 28.8 Å². The van der Waals surface area contributed by atoms with E-state index < -0.39 is 5.41 Å². The van der Waals surface area contributed by atoms with E-state index in [0.717, 1.165) is 24.0 Å². The van der Waals surface area contributed by atoms with Gasteiger partial charge in [-0.2, -0.15) is 0 Å². The number of carbonyl (C=O) groups is 1. The predicted molar refractivity (Wildman–Crippen MR) is 78.9 cm³/mol. The van der Waals surface area contributed by atoms with Crippen LogP contribution < -0.4 is 10.5 Å². The number of benzene rings is 1. The third kappa shape index (κ3) is 2.81. The molecule has 1 aromatic rings. The monoisotopic (exact) mass is 263 g/mol. The standard InChI is InChI=1S/C16H25NO2/c1-6-16(7-2,10-17)15(18)14-12(4)8-11(3)9-13(14)19-5/h8-9H,6-7,10,17H2,1-5H3. The largest absolute Gasteiger partial charge is 0.496 e. The maximum absolute atomic E-state index is 12.9. The van der Waals surface area contributed by atoms with E-state index in [2.05, 4.69) is 0 Å². The number of hydrogen-bond acceptors (Lipinski definition) is 3. The lowest BCUT2D eigenvalue weighted by atomic mass is 9.74. The van der Waals surface area contributed by atoms with Crippen LogP contribution in [0.2, 0.25) is 0 Å². The molecule has 19 heavy (non-hydrogen) atoms. The lowest BCUT2D eigenvalue weighted by Gasteiger charge is -2.29. The van der Waals surface area contributed by atoms with E-state index >= 15 is 0 Å². The van der Waals surface area contributed by atoms with Crippen LogP contribution in [0.1, 0.15) is 48.2 Å². The van der Waals surface area contributed by atoms with Crippen molar-refractivity contribution in [3.8, 4) is 5.75 Å². The summed E-state index contributed by atoms with van der Waals surface area (Å²) >= 11 is 0. The zero-order valence-electron chi connectivity index (χ0n) is 12.7. The number of methoxy groups -OCH3 is 1. The molecule has 0 atom stereocenters. The Morgan fingerprint density at radius 1 is 1.26 bits per heavy atom. The summed E-state index contributed by atoms with van der Waals surface area (Å²) < 4.78 is 5.40. The van der Waals surface area contributed by atoms with E-state index in [0.29, 0.717) is 17.9 Å². The average molecular weight is 263 g/mol. The summed E-state index contributed by atoms with van der Waals surface area (Å²) in [7, 11) is 1.60. The number of hydrogen-bond donors (Lipinski definition) is 1. The van der Waals surface area contributed by atoms with E-state index in [9.17, 15) is 4.79 Å². The number of carbonyl (C=O) groups excluding carboxylic acids is 1. The number of aryl methyl sites for hydroxylation is 2. The Hall–Kier alpha value is -1.35. The summed E-state index contributed by atoms with van der Waals surface area (Å²) in [6.45, 7) is 8.36. The second-order valence-electron chi connectivity index (χ2n) is 5.18. The Kier molecular flexibility index (Phi) is 5.12. The van der Waals surface area contributed by atoms with Gasteiger partial charge in [-0.05, 0) is 43.9 Å². The number of ether oxygens (including phenoxy) is 1. The second kappa shape index (κ2) is 6.20. The molecule has 0 spiro atoms. The normalized spacial score (nSPS) is 11.5. The molecule has 0 aliphatic heterocycles. The highest BCUT2D eigenvalue weighted by molar-refractivity contribution is 6.04. The van der Waals surface area contributed by atoms with Crippen LogP contribution in [0.4, 0.5) is 0 Å². The van der Waals surface area contributed by atoms with Gasteiger partial charge in [0.15, 0.2) is 5.78 Å². The number of nitrogens with two attached hydrogens (primary N) is 1. The summed E-state index contributed by atoms with van der Waals surface area (Å²) in [6.07, 6.45) is 1.49. The molecule has 0 saturated heterocycles. The smallest absolute Gasteiger partial charge is 0.174 e. The number of Topliss-reactive ketones (excluding diaryl/α,β-unsaturated/α-hetero) is 1. The second-order valence-corrected chi connectivity index (χ2v) is 5.18. The first-order valence-electron chi connectivity index (χ1n) is 6.85. The van der Waals surface area contributed by atoms with Crippen LogP contribution in [-0.2, 0) is 0 Å². The SMILES string of the molecule is CCC(CC)(CN)C(=O)c1c(C)cc(C)cc1OC. The highest BCUT2D eigenvalue weighted by Crippen LogP contribution is 2.35. The molecule has 0 aromatic heterocycles. The molecule has 0 saturated carbocycles. The van der Waals surface area contributed by atoms with E-state index in [-0.39, 0.29) is 5.78 Å². The van der Waals surface area contributed by atoms with Gasteiger partial charge in [-0.25, -0.2) is 0 Å². The molecular weight excluding hydrogens is 238 g/mol. The summed E-state index contributed by atoms with van der Waals surface area (Å²) in [6, 6.07) is 3.93. The molecule has 3 heteroatoms. The van der Waals surface area contributed by atoms with Crippen LogP contribution in [-0.4, -0.2) is 19.4 Å². The van der Waals surface area contributed by atoms with Gasteiger partial charge in [-0.3, -0.25) is 4.79 Å². The molecular formula is C16H25NO2. The van der Waals surface area contributed by atoms with Gasteiger partial charge in [0, 0.05) is 12.0 Å². The third-order valence-electron chi connectivity index (χ3n) is 4.12. The zero-order valence-corrected chi connectivity index (χ0v) is 12.7. The van der Waals surface area contributed by atoms with Crippen LogP contribution in [0.25, 0.3) is 0 Å². The molecule has 0 fully saturated rings. The number of ketones is 1. The van der Waals surface area contributed by atoms with Crippen molar-refractivity contribution >= 4 is 5.78 Å². The Balaban J connectivity index is 3.41. The Labute approximate surface area is 116 Å².